The van der Waals surface area contributed by atoms with E-state index in [0.29, 0.717) is 49.4 Å². The van der Waals surface area contributed by atoms with Gasteiger partial charge < -0.3 is 24.6 Å². The predicted octanol–water partition coefficient (Wildman–Crippen LogP) is 8.54. The lowest BCUT2D eigenvalue weighted by molar-refractivity contribution is -0.155. The molecule has 3 aliphatic rings. The first-order chi connectivity index (χ1) is 31.0. The third-order valence-electron chi connectivity index (χ3n) is 13.3. The molecule has 1 aliphatic carbocycles. The molecule has 3 amide bonds. The topological polar surface area (TPSA) is 146 Å². The van der Waals surface area contributed by atoms with Crippen molar-refractivity contribution >= 4 is 34.6 Å². The number of aromatic nitrogens is 2. The van der Waals surface area contributed by atoms with Gasteiger partial charge in [0.15, 0.2) is 0 Å². The van der Waals surface area contributed by atoms with Crippen LogP contribution in [0.15, 0.2) is 79.0 Å². The maximum atomic E-state index is 14.7. The first-order valence-corrected chi connectivity index (χ1v) is 23.4. The largest absolute Gasteiger partial charge is 0.508 e. The third-order valence-corrected chi connectivity index (χ3v) is 13.3. The molecule has 3 atom stereocenters. The van der Waals surface area contributed by atoms with Gasteiger partial charge in [-0.15, -0.1) is 0 Å². The Kier molecular flexibility index (Phi) is 12.9. The van der Waals surface area contributed by atoms with Gasteiger partial charge in [-0.25, -0.2) is 5.43 Å². The lowest BCUT2D eigenvalue weighted by Gasteiger charge is -2.36. The Bertz CT molecular complexity index is 2610. The van der Waals surface area contributed by atoms with E-state index >= 15 is 0 Å². The number of aryl methyl sites for hydroxylation is 1. The summed E-state index contributed by atoms with van der Waals surface area (Å²) in [7, 11) is 1.62. The lowest BCUT2D eigenvalue weighted by Crippen LogP contribution is -2.62. The van der Waals surface area contributed by atoms with E-state index in [4.69, 9.17) is 9.72 Å². The number of amides is 3. The molecule has 4 heterocycles. The molecule has 0 spiro atoms. The molecule has 2 aromatic heterocycles. The van der Waals surface area contributed by atoms with Gasteiger partial charge in [-0.1, -0.05) is 65.8 Å². The molecule has 2 aliphatic heterocycles. The number of benzene rings is 3. The van der Waals surface area contributed by atoms with Crippen LogP contribution in [0.25, 0.3) is 33.3 Å². The molecule has 0 radical (unpaired) electrons. The molecule has 342 valence electrons. The standard InChI is InChI=1S/C53H64N6O6/c1-9-58-45-21-20-37-28-41(45)42(48(58)40-12-10-22-54-46(40)31(2)3)29-53(6,7)30-65-52(64)43-13-11-23-59(56-43)51(63)44(26-33-24-38(37)27-39(60)25-33)55-49(61)47(32(4)5)57(8)50(62)36-18-16-35(17-19-36)34-14-15-34/h10,12,16-22,24-25,27-28,31-32,34,43-44,47,56,60H,9,11,13-15,23,26,29-30H2,1-8H3,(H,55,61)/t43-,44-,47-/m0/s1. The van der Waals surface area contributed by atoms with E-state index in [1.54, 1.807) is 19.2 Å². The minimum absolute atomic E-state index is 0.0200. The number of carbonyl (C=O) groups is 4. The van der Waals surface area contributed by atoms with Crippen molar-refractivity contribution in [2.75, 3.05) is 20.2 Å². The van der Waals surface area contributed by atoms with Gasteiger partial charge in [-0.05, 0) is 133 Å². The number of pyridine rings is 1. The van der Waals surface area contributed by atoms with Crippen molar-refractivity contribution in [3.8, 4) is 28.1 Å². The Hall–Kier alpha value is -6.01. The average molecular weight is 881 g/mol. The van der Waals surface area contributed by atoms with Gasteiger partial charge in [0.25, 0.3) is 11.8 Å². The fourth-order valence-corrected chi connectivity index (χ4v) is 9.92. The average Bonchev–Trinajstić information content (AvgIpc) is 4.10. The van der Waals surface area contributed by atoms with Crippen LogP contribution in [0, 0.1) is 11.3 Å². The first kappa shape index (κ1) is 45.6. The lowest BCUT2D eigenvalue weighted by atomic mass is 9.83. The molecule has 1 saturated heterocycles. The molecule has 1 saturated carbocycles. The van der Waals surface area contributed by atoms with E-state index < -0.39 is 41.3 Å². The van der Waals surface area contributed by atoms with Crippen molar-refractivity contribution in [3.05, 3.63) is 107 Å². The van der Waals surface area contributed by atoms with Crippen LogP contribution in [0.5, 0.6) is 5.75 Å². The predicted molar refractivity (Wildman–Crippen MR) is 253 cm³/mol. The zero-order valence-electron chi connectivity index (χ0n) is 39.1. The van der Waals surface area contributed by atoms with Gasteiger partial charge in [-0.2, -0.15) is 0 Å². The summed E-state index contributed by atoms with van der Waals surface area (Å²) >= 11 is 0. The molecule has 65 heavy (non-hydrogen) atoms. The smallest absolute Gasteiger partial charge is 0.324 e. The van der Waals surface area contributed by atoms with Crippen molar-refractivity contribution in [3.63, 3.8) is 0 Å². The number of hydrazine groups is 1. The van der Waals surface area contributed by atoms with Crippen molar-refractivity contribution in [1.29, 1.82) is 0 Å². The number of likely N-dealkylation sites (N-methyl/N-ethyl adjacent to an activating group) is 1. The SMILES string of the molecule is CCn1c(-c2cccnc2C(C)C)c2c3cc(ccc31)-c1cc(O)cc(c1)C[C@H](NC(=O)[C@H](C(C)C)N(C)C(=O)c1ccc(C3CC3)cc1)C(=O)N1CCC[C@H](N1)C(=O)OCC(C)(C)C2. The highest BCUT2D eigenvalue weighted by Gasteiger charge is 2.38. The highest BCUT2D eigenvalue weighted by Crippen LogP contribution is 2.43. The summed E-state index contributed by atoms with van der Waals surface area (Å²) in [4.78, 5) is 63.4. The molecular weight excluding hydrogens is 817 g/mol. The van der Waals surface area contributed by atoms with Crippen LogP contribution in [0.1, 0.15) is 119 Å². The van der Waals surface area contributed by atoms with Crippen molar-refractivity contribution in [2.24, 2.45) is 11.3 Å². The van der Waals surface area contributed by atoms with Crippen LogP contribution in [-0.4, -0.2) is 86.6 Å². The second-order valence-corrected chi connectivity index (χ2v) is 19.8. The molecule has 3 aromatic carbocycles. The third kappa shape index (κ3) is 9.55. The molecular formula is C53H64N6O6. The maximum absolute atomic E-state index is 14.7. The number of phenols is 1. The minimum Gasteiger partial charge on any atom is -0.508 e. The zero-order chi connectivity index (χ0) is 46.3. The number of phenolic OH excluding ortho intramolecular Hbond substituents is 1. The molecule has 8 rings (SSSR count). The number of hydrogen-bond donors (Lipinski definition) is 3. The quantitative estimate of drug-likeness (QED) is 0.125. The number of carbonyl (C=O) groups excluding carboxylic acids is 4. The summed E-state index contributed by atoms with van der Waals surface area (Å²) in [6.45, 7) is 15.6. The van der Waals surface area contributed by atoms with Gasteiger partial charge in [0.1, 0.15) is 23.9 Å². The number of esters is 1. The Morgan fingerprint density at radius 2 is 1.74 bits per heavy atom. The van der Waals surface area contributed by atoms with Crippen LogP contribution in [0.4, 0.5) is 0 Å². The molecule has 12 nitrogen and oxygen atoms in total. The summed E-state index contributed by atoms with van der Waals surface area (Å²) in [5, 5.41) is 16.8. The molecule has 6 bridgehead atoms. The van der Waals surface area contributed by atoms with Crippen molar-refractivity contribution in [1.82, 2.24) is 30.2 Å². The van der Waals surface area contributed by atoms with Gasteiger partial charge in [0.05, 0.1) is 18.0 Å². The molecule has 12 heteroatoms. The van der Waals surface area contributed by atoms with Crippen LogP contribution in [-0.2, 0) is 38.5 Å². The van der Waals surface area contributed by atoms with Gasteiger partial charge in [-0.3, -0.25) is 29.2 Å². The number of nitrogens with zero attached hydrogens (tertiary/aromatic N) is 4. The Morgan fingerprint density at radius 3 is 2.43 bits per heavy atom. The highest BCUT2D eigenvalue weighted by molar-refractivity contribution is 5.99. The monoisotopic (exact) mass is 880 g/mol. The Balaban J connectivity index is 1.20. The van der Waals surface area contributed by atoms with Gasteiger partial charge in [0.2, 0.25) is 5.91 Å². The van der Waals surface area contributed by atoms with E-state index in [1.165, 1.54) is 15.5 Å². The number of aromatic hydroxyl groups is 1. The number of fused-ring (bicyclic) bond motifs is 6. The van der Waals surface area contributed by atoms with Crippen LogP contribution in [0.2, 0.25) is 0 Å². The molecule has 5 aromatic rings. The van der Waals surface area contributed by atoms with Gasteiger partial charge >= 0.3 is 5.97 Å². The second-order valence-electron chi connectivity index (χ2n) is 19.8. The van der Waals surface area contributed by atoms with E-state index in [0.717, 1.165) is 57.4 Å². The fraction of sp³-hybridized carbons (Fsp3) is 0.453. The number of hydrogen-bond acceptors (Lipinski definition) is 8. The van der Waals surface area contributed by atoms with E-state index in [-0.39, 0.29) is 36.5 Å². The van der Waals surface area contributed by atoms with E-state index in [2.05, 4.69) is 74.2 Å². The molecule has 2 fully saturated rings. The Labute approximate surface area is 382 Å². The molecule has 0 unspecified atom stereocenters. The second kappa shape index (κ2) is 18.5. The summed E-state index contributed by atoms with van der Waals surface area (Å²) in [6.07, 6.45) is 5.77. The highest BCUT2D eigenvalue weighted by atomic mass is 16.5. The number of cyclic esters (lactones) is 1. The Morgan fingerprint density at radius 1 is 0.985 bits per heavy atom. The minimum atomic E-state index is -1.12. The summed E-state index contributed by atoms with van der Waals surface area (Å²) in [6, 6.07) is 20.6. The van der Waals surface area contributed by atoms with Crippen molar-refractivity contribution in [2.45, 2.75) is 123 Å². The molecule has 3 N–H and O–H groups in total. The fourth-order valence-electron chi connectivity index (χ4n) is 9.92. The number of nitrogens with one attached hydrogen (secondary N) is 2. The zero-order valence-corrected chi connectivity index (χ0v) is 39.1. The maximum Gasteiger partial charge on any atom is 0.324 e. The van der Waals surface area contributed by atoms with Crippen LogP contribution >= 0.6 is 0 Å². The number of rotatable bonds is 9. The normalized spacial score (nSPS) is 19.5. The van der Waals surface area contributed by atoms with Crippen LogP contribution < -0.4 is 10.7 Å². The van der Waals surface area contributed by atoms with Crippen LogP contribution in [0.3, 0.4) is 0 Å². The number of ether oxygens (including phenoxy) is 1. The summed E-state index contributed by atoms with van der Waals surface area (Å²) in [5.41, 5.74) is 11.9. The van der Waals surface area contributed by atoms with E-state index in [1.807, 2.05) is 56.4 Å². The first-order valence-electron chi connectivity index (χ1n) is 23.4. The summed E-state index contributed by atoms with van der Waals surface area (Å²) < 4.78 is 8.47. The van der Waals surface area contributed by atoms with E-state index in [9.17, 15) is 24.3 Å². The van der Waals surface area contributed by atoms with Gasteiger partial charge in [0, 0.05) is 60.2 Å². The van der Waals surface area contributed by atoms with Crippen molar-refractivity contribution < 1.29 is 29.0 Å². The summed E-state index contributed by atoms with van der Waals surface area (Å²) in [5.74, 6) is -1.22.